The molecule has 0 aromatic carbocycles. The number of hydrogen-bond donors (Lipinski definition) is 1. The summed E-state index contributed by atoms with van der Waals surface area (Å²) in [6.07, 6.45) is 2.82. The second kappa shape index (κ2) is 5.12. The third kappa shape index (κ3) is 3.58. The summed E-state index contributed by atoms with van der Waals surface area (Å²) >= 11 is 1.57. The summed E-state index contributed by atoms with van der Waals surface area (Å²) in [4.78, 5) is 8.30. The molecule has 0 radical (unpaired) electrons. The number of aromatic nitrogens is 2. The Balaban J connectivity index is 2.11. The molecule has 0 bridgehead atoms. The van der Waals surface area contributed by atoms with Crippen molar-refractivity contribution in [2.75, 3.05) is 0 Å². The molecule has 0 unspecified atom stereocenters. The average molecular weight is 265 g/mol. The van der Waals surface area contributed by atoms with Gasteiger partial charge in [-0.05, 0) is 26.8 Å². The molecule has 0 amide bonds. The number of nitrogens with one attached hydrogen (secondary N) is 1. The summed E-state index contributed by atoms with van der Waals surface area (Å²) in [5.41, 5.74) is 1.55. The Kier molecular flexibility index (Phi) is 3.73. The van der Waals surface area contributed by atoms with Crippen molar-refractivity contribution >= 4 is 11.3 Å². The molecule has 0 atom stereocenters. The molecule has 1 N–H and O–H groups in total. The normalized spacial score (nSPS) is 11.8. The summed E-state index contributed by atoms with van der Waals surface area (Å²) in [6, 6.07) is 1.45. The van der Waals surface area contributed by atoms with Crippen LogP contribution in [0.5, 0.6) is 0 Å². The van der Waals surface area contributed by atoms with Gasteiger partial charge in [-0.1, -0.05) is 0 Å². The molecule has 3 nitrogen and oxygen atoms in total. The van der Waals surface area contributed by atoms with E-state index in [1.807, 2.05) is 5.38 Å². The quantitative estimate of drug-likeness (QED) is 0.926. The van der Waals surface area contributed by atoms with Gasteiger partial charge in [0.25, 0.3) is 0 Å². The van der Waals surface area contributed by atoms with Gasteiger partial charge in [0.1, 0.15) is 10.8 Å². The van der Waals surface area contributed by atoms with E-state index in [2.05, 4.69) is 36.1 Å². The van der Waals surface area contributed by atoms with Crippen LogP contribution in [-0.2, 0) is 6.54 Å². The van der Waals surface area contributed by atoms with Gasteiger partial charge in [0, 0.05) is 29.2 Å². The van der Waals surface area contributed by atoms with Crippen LogP contribution in [0.2, 0.25) is 0 Å². The van der Waals surface area contributed by atoms with Gasteiger partial charge in [0.15, 0.2) is 0 Å². The van der Waals surface area contributed by atoms with Crippen molar-refractivity contribution < 1.29 is 4.39 Å². The highest BCUT2D eigenvalue weighted by molar-refractivity contribution is 7.09. The molecular formula is C13H16FN3S. The van der Waals surface area contributed by atoms with E-state index in [1.165, 1.54) is 12.3 Å². The predicted octanol–water partition coefficient (Wildman–Crippen LogP) is 3.23. The molecule has 0 saturated carbocycles. The van der Waals surface area contributed by atoms with Gasteiger partial charge in [-0.25, -0.2) is 9.37 Å². The van der Waals surface area contributed by atoms with Crippen LogP contribution in [-0.4, -0.2) is 15.5 Å². The van der Waals surface area contributed by atoms with Gasteiger partial charge < -0.3 is 5.32 Å². The van der Waals surface area contributed by atoms with Crippen molar-refractivity contribution in [3.63, 3.8) is 0 Å². The maximum atomic E-state index is 13.1. The molecule has 5 heteroatoms. The molecule has 0 fully saturated rings. The van der Waals surface area contributed by atoms with Crippen LogP contribution in [0.25, 0.3) is 11.3 Å². The standard InChI is InChI=1S/C13H16FN3S/c1-13(2,3)16-7-12-17-11(8-18-12)9-4-10(14)6-15-5-9/h4-6,8,16H,7H2,1-3H3. The van der Waals surface area contributed by atoms with E-state index < -0.39 is 0 Å². The second-order valence-electron chi connectivity index (χ2n) is 5.12. The van der Waals surface area contributed by atoms with Gasteiger partial charge in [-0.2, -0.15) is 0 Å². The first-order valence-corrected chi connectivity index (χ1v) is 6.62. The number of hydrogen-bond acceptors (Lipinski definition) is 4. The SMILES string of the molecule is CC(C)(C)NCc1nc(-c2cncc(F)c2)cs1. The van der Waals surface area contributed by atoms with E-state index in [0.29, 0.717) is 5.56 Å². The number of thiazole rings is 1. The zero-order valence-corrected chi connectivity index (χ0v) is 11.5. The molecule has 0 saturated heterocycles. The number of rotatable bonds is 3. The van der Waals surface area contributed by atoms with E-state index in [4.69, 9.17) is 0 Å². The summed E-state index contributed by atoms with van der Waals surface area (Å²) in [6.45, 7) is 7.05. The predicted molar refractivity (Wildman–Crippen MR) is 71.9 cm³/mol. The minimum atomic E-state index is -0.338. The number of pyridine rings is 1. The molecule has 0 aliphatic heterocycles. The summed E-state index contributed by atoms with van der Waals surface area (Å²) in [7, 11) is 0. The molecule has 18 heavy (non-hydrogen) atoms. The fourth-order valence-electron chi connectivity index (χ4n) is 1.42. The maximum Gasteiger partial charge on any atom is 0.142 e. The lowest BCUT2D eigenvalue weighted by atomic mass is 10.1. The van der Waals surface area contributed by atoms with Crippen LogP contribution >= 0.6 is 11.3 Å². The third-order valence-corrected chi connectivity index (χ3v) is 3.17. The lowest BCUT2D eigenvalue weighted by molar-refractivity contribution is 0.424. The van der Waals surface area contributed by atoms with Crippen molar-refractivity contribution in [1.29, 1.82) is 0 Å². The Morgan fingerprint density at radius 2 is 2.11 bits per heavy atom. The Morgan fingerprint density at radius 3 is 2.78 bits per heavy atom. The zero-order chi connectivity index (χ0) is 13.2. The topological polar surface area (TPSA) is 37.8 Å². The first kappa shape index (κ1) is 13.1. The fourth-order valence-corrected chi connectivity index (χ4v) is 2.16. The molecule has 2 aromatic heterocycles. The first-order chi connectivity index (χ1) is 8.44. The van der Waals surface area contributed by atoms with Crippen molar-refractivity contribution in [3.8, 4) is 11.3 Å². The Morgan fingerprint density at radius 1 is 1.33 bits per heavy atom. The Bertz CT molecular complexity index is 531. The van der Waals surface area contributed by atoms with Crippen LogP contribution in [0.4, 0.5) is 4.39 Å². The lowest BCUT2D eigenvalue weighted by Gasteiger charge is -2.19. The van der Waals surface area contributed by atoms with Gasteiger partial charge in [0.05, 0.1) is 11.9 Å². The number of nitrogens with zero attached hydrogens (tertiary/aromatic N) is 2. The minimum Gasteiger partial charge on any atom is -0.306 e. The van der Waals surface area contributed by atoms with Crippen molar-refractivity contribution in [2.24, 2.45) is 0 Å². The lowest BCUT2D eigenvalue weighted by Crippen LogP contribution is -2.34. The van der Waals surface area contributed by atoms with Gasteiger partial charge in [-0.15, -0.1) is 11.3 Å². The molecule has 0 aliphatic rings. The van der Waals surface area contributed by atoms with Gasteiger partial charge in [-0.3, -0.25) is 4.98 Å². The summed E-state index contributed by atoms with van der Waals surface area (Å²) < 4.78 is 13.1. The smallest absolute Gasteiger partial charge is 0.142 e. The highest BCUT2D eigenvalue weighted by Crippen LogP contribution is 2.21. The van der Waals surface area contributed by atoms with E-state index >= 15 is 0 Å². The third-order valence-electron chi connectivity index (χ3n) is 2.32. The Hall–Kier alpha value is -1.33. The summed E-state index contributed by atoms with van der Waals surface area (Å²) in [5, 5.41) is 6.29. The number of halogens is 1. The van der Waals surface area contributed by atoms with Crippen LogP contribution in [0.1, 0.15) is 25.8 Å². The van der Waals surface area contributed by atoms with Crippen molar-refractivity contribution in [3.05, 3.63) is 34.7 Å². The first-order valence-electron chi connectivity index (χ1n) is 5.74. The fraction of sp³-hybridized carbons (Fsp3) is 0.385. The second-order valence-corrected chi connectivity index (χ2v) is 6.06. The highest BCUT2D eigenvalue weighted by Gasteiger charge is 2.11. The molecule has 0 aliphatic carbocycles. The molecule has 96 valence electrons. The highest BCUT2D eigenvalue weighted by atomic mass is 32.1. The largest absolute Gasteiger partial charge is 0.306 e. The molecular weight excluding hydrogens is 249 g/mol. The van der Waals surface area contributed by atoms with Crippen LogP contribution < -0.4 is 5.32 Å². The minimum absolute atomic E-state index is 0.0617. The molecule has 2 aromatic rings. The van der Waals surface area contributed by atoms with E-state index in [0.717, 1.165) is 17.2 Å². The monoisotopic (exact) mass is 265 g/mol. The van der Waals surface area contributed by atoms with Gasteiger partial charge >= 0.3 is 0 Å². The van der Waals surface area contributed by atoms with E-state index in [9.17, 15) is 4.39 Å². The molecule has 2 rings (SSSR count). The van der Waals surface area contributed by atoms with E-state index in [-0.39, 0.29) is 11.4 Å². The van der Waals surface area contributed by atoms with Crippen LogP contribution in [0.3, 0.4) is 0 Å². The molecule has 0 spiro atoms. The Labute approximate surface area is 110 Å². The maximum absolute atomic E-state index is 13.1. The van der Waals surface area contributed by atoms with E-state index in [1.54, 1.807) is 17.5 Å². The van der Waals surface area contributed by atoms with Crippen LogP contribution in [0, 0.1) is 5.82 Å². The van der Waals surface area contributed by atoms with Gasteiger partial charge in [0.2, 0.25) is 0 Å². The molecule has 2 heterocycles. The zero-order valence-electron chi connectivity index (χ0n) is 10.7. The summed E-state index contributed by atoms with van der Waals surface area (Å²) in [5.74, 6) is -0.338. The van der Waals surface area contributed by atoms with Crippen molar-refractivity contribution in [1.82, 2.24) is 15.3 Å². The van der Waals surface area contributed by atoms with Crippen LogP contribution in [0.15, 0.2) is 23.8 Å². The van der Waals surface area contributed by atoms with Crippen molar-refractivity contribution in [2.45, 2.75) is 32.9 Å². The average Bonchev–Trinajstić information content (AvgIpc) is 2.74.